The second-order valence-electron chi connectivity index (χ2n) is 8.96. The highest BCUT2D eigenvalue weighted by atomic mass is 32.2. The number of amides is 2. The Morgan fingerprint density at radius 1 is 0.889 bits per heavy atom. The minimum atomic E-state index is -0.301. The number of anilines is 2. The van der Waals surface area contributed by atoms with Crippen LogP contribution >= 0.6 is 11.8 Å². The monoisotopic (exact) mass is 496 g/mol. The molecule has 2 aliphatic rings. The number of rotatable bonds is 5. The minimum absolute atomic E-state index is 0.166. The number of para-hydroxylation sites is 1. The maximum atomic E-state index is 13.6. The minimum Gasteiger partial charge on any atom is -0.340 e. The quantitative estimate of drug-likeness (QED) is 0.454. The van der Waals surface area contributed by atoms with Gasteiger partial charge in [0, 0.05) is 29.2 Å². The van der Waals surface area contributed by atoms with Crippen molar-refractivity contribution in [3.05, 3.63) is 107 Å². The van der Waals surface area contributed by atoms with Gasteiger partial charge in [0.05, 0.1) is 17.3 Å². The zero-order valence-electron chi connectivity index (χ0n) is 20.3. The van der Waals surface area contributed by atoms with E-state index in [1.54, 1.807) is 11.8 Å². The van der Waals surface area contributed by atoms with Crippen molar-refractivity contribution in [2.24, 2.45) is 4.99 Å². The summed E-state index contributed by atoms with van der Waals surface area (Å²) in [5, 5.41) is 6.99. The summed E-state index contributed by atoms with van der Waals surface area (Å²) in [6, 6.07) is 24.4. The Balaban J connectivity index is 1.48. The molecule has 182 valence electrons. The van der Waals surface area contributed by atoms with Crippen LogP contribution in [0.15, 0.2) is 95.1 Å². The third-order valence-electron chi connectivity index (χ3n) is 6.31. The van der Waals surface area contributed by atoms with E-state index in [0.29, 0.717) is 22.5 Å². The van der Waals surface area contributed by atoms with Crippen molar-refractivity contribution in [3.63, 3.8) is 0 Å². The fourth-order valence-electron chi connectivity index (χ4n) is 4.52. The number of carbonyl (C=O) groups is 2. The van der Waals surface area contributed by atoms with Gasteiger partial charge in [0.2, 0.25) is 0 Å². The lowest BCUT2D eigenvalue weighted by molar-refractivity contribution is -0.113. The second kappa shape index (κ2) is 10.4. The largest absolute Gasteiger partial charge is 0.340 e. The molecule has 36 heavy (non-hydrogen) atoms. The molecule has 2 N–H and O–H groups in total. The van der Waals surface area contributed by atoms with Crippen LogP contribution < -0.4 is 10.6 Å². The summed E-state index contributed by atoms with van der Waals surface area (Å²) in [4.78, 5) is 33.4. The first-order chi connectivity index (χ1) is 17.5. The van der Waals surface area contributed by atoms with Gasteiger partial charge in [-0.2, -0.15) is 0 Å². The van der Waals surface area contributed by atoms with E-state index >= 15 is 0 Å². The first-order valence-corrected chi connectivity index (χ1v) is 13.0. The molecule has 3 aromatic carbocycles. The fraction of sp³-hybridized carbons (Fsp3) is 0.207. The predicted octanol–water partition coefficient (Wildman–Crippen LogP) is 6.01. The highest BCUT2D eigenvalue weighted by molar-refractivity contribution is 8.13. The Morgan fingerprint density at radius 3 is 2.39 bits per heavy atom. The summed E-state index contributed by atoms with van der Waals surface area (Å²) in [7, 11) is 0. The second-order valence-corrected chi connectivity index (χ2v) is 10.0. The third kappa shape index (κ3) is 5.06. The van der Waals surface area contributed by atoms with Gasteiger partial charge in [-0.25, -0.2) is 4.99 Å². The van der Waals surface area contributed by atoms with Gasteiger partial charge in [0.15, 0.2) is 5.17 Å². The summed E-state index contributed by atoms with van der Waals surface area (Å²) >= 11 is 1.72. The molecule has 5 rings (SSSR count). The molecule has 0 aromatic heterocycles. The van der Waals surface area contributed by atoms with Gasteiger partial charge >= 0.3 is 0 Å². The first-order valence-electron chi connectivity index (χ1n) is 12.0. The van der Waals surface area contributed by atoms with Gasteiger partial charge in [-0.15, -0.1) is 0 Å². The number of amidine groups is 1. The lowest BCUT2D eigenvalue weighted by atomic mass is 9.93. The molecule has 3 aromatic rings. The predicted molar refractivity (Wildman–Crippen MR) is 147 cm³/mol. The van der Waals surface area contributed by atoms with Gasteiger partial charge in [-0.1, -0.05) is 59.8 Å². The molecule has 0 saturated carbocycles. The Hall–Kier alpha value is -3.84. The van der Waals surface area contributed by atoms with Crippen LogP contribution in [0.3, 0.4) is 0 Å². The van der Waals surface area contributed by atoms with E-state index in [0.717, 1.165) is 40.7 Å². The number of aryl methyl sites for hydroxylation is 1. The van der Waals surface area contributed by atoms with E-state index in [2.05, 4.69) is 15.5 Å². The van der Waals surface area contributed by atoms with Crippen LogP contribution in [-0.2, 0) is 4.79 Å². The first kappa shape index (κ1) is 23.9. The molecule has 7 heteroatoms. The van der Waals surface area contributed by atoms with Gasteiger partial charge in [-0.3, -0.25) is 9.59 Å². The van der Waals surface area contributed by atoms with Crippen LogP contribution in [0.1, 0.15) is 40.9 Å². The van der Waals surface area contributed by atoms with E-state index in [1.807, 2.05) is 92.7 Å². The number of thioether (sulfide) groups is 1. The van der Waals surface area contributed by atoms with Crippen LogP contribution in [0.5, 0.6) is 0 Å². The highest BCUT2D eigenvalue weighted by Gasteiger charge is 2.37. The van der Waals surface area contributed by atoms with Crippen LogP contribution in [-0.4, -0.2) is 34.2 Å². The zero-order chi connectivity index (χ0) is 25.1. The molecule has 2 aliphatic heterocycles. The summed E-state index contributed by atoms with van der Waals surface area (Å²) in [5.41, 5.74) is 5.39. The van der Waals surface area contributed by atoms with Crippen LogP contribution in [0.2, 0.25) is 0 Å². The molecular formula is C29H28N4O2S. The van der Waals surface area contributed by atoms with Crippen molar-refractivity contribution in [3.8, 4) is 0 Å². The van der Waals surface area contributed by atoms with Gasteiger partial charge < -0.3 is 15.5 Å². The molecule has 1 saturated heterocycles. The van der Waals surface area contributed by atoms with Gasteiger partial charge in [0.25, 0.3) is 11.8 Å². The number of hydrogen-bond acceptors (Lipinski definition) is 5. The van der Waals surface area contributed by atoms with Crippen LogP contribution in [0.4, 0.5) is 11.4 Å². The number of hydrogen-bond donors (Lipinski definition) is 2. The summed E-state index contributed by atoms with van der Waals surface area (Å²) in [6.45, 7) is 4.70. The molecule has 2 heterocycles. The van der Waals surface area contributed by atoms with Crippen molar-refractivity contribution < 1.29 is 9.59 Å². The van der Waals surface area contributed by atoms with E-state index < -0.39 is 0 Å². The van der Waals surface area contributed by atoms with Crippen molar-refractivity contribution in [1.29, 1.82) is 0 Å². The SMILES string of the molecule is CC1=C(C(=O)Nc2ccccc2)C(c2cccc(NC(=O)c3ccc(C)cc3)c2)N2CCCSC2=N1. The van der Waals surface area contributed by atoms with Crippen molar-refractivity contribution in [1.82, 2.24) is 4.90 Å². The number of fused-ring (bicyclic) bond motifs is 1. The van der Waals surface area contributed by atoms with Crippen molar-refractivity contribution in [2.45, 2.75) is 26.3 Å². The fourth-order valence-corrected chi connectivity index (χ4v) is 5.54. The van der Waals surface area contributed by atoms with Gasteiger partial charge in [0.1, 0.15) is 0 Å². The molecule has 0 spiro atoms. The standard InChI is InChI=1S/C29H28N4O2S/c1-19-12-14-21(15-13-19)27(34)32-24-11-6-8-22(18-24)26-25(28(35)31-23-9-4-3-5-10-23)20(2)30-29-33(26)16-7-17-36-29/h3-6,8-15,18,26H,7,16-17H2,1-2H3,(H,31,35)(H,32,34). The number of nitrogens with one attached hydrogen (secondary N) is 2. The number of allylic oxidation sites excluding steroid dienone is 1. The smallest absolute Gasteiger partial charge is 0.255 e. The number of carbonyl (C=O) groups excluding carboxylic acids is 2. The van der Waals surface area contributed by atoms with E-state index in [9.17, 15) is 9.59 Å². The van der Waals surface area contributed by atoms with E-state index in [4.69, 9.17) is 4.99 Å². The van der Waals surface area contributed by atoms with Crippen LogP contribution in [0, 0.1) is 6.92 Å². The normalized spacial score (nSPS) is 17.2. The Kier molecular flexibility index (Phi) is 6.91. The Bertz CT molecular complexity index is 1350. The Labute approximate surface area is 215 Å². The number of nitrogens with zero attached hydrogens (tertiary/aromatic N) is 2. The lowest BCUT2D eigenvalue weighted by Gasteiger charge is -2.41. The molecule has 1 fully saturated rings. The maximum Gasteiger partial charge on any atom is 0.255 e. The molecule has 1 unspecified atom stereocenters. The summed E-state index contributed by atoms with van der Waals surface area (Å²) < 4.78 is 0. The molecule has 6 nitrogen and oxygen atoms in total. The van der Waals surface area contributed by atoms with Crippen molar-refractivity contribution in [2.75, 3.05) is 22.9 Å². The summed E-state index contributed by atoms with van der Waals surface area (Å²) in [5.74, 6) is 0.671. The van der Waals surface area contributed by atoms with E-state index in [-0.39, 0.29) is 17.9 Å². The molecule has 0 bridgehead atoms. The summed E-state index contributed by atoms with van der Waals surface area (Å²) in [6.07, 6.45) is 1.01. The molecule has 1 atom stereocenters. The maximum absolute atomic E-state index is 13.6. The van der Waals surface area contributed by atoms with Crippen LogP contribution in [0.25, 0.3) is 0 Å². The number of benzene rings is 3. The number of aliphatic imine (C=N–C) groups is 1. The van der Waals surface area contributed by atoms with Crippen molar-refractivity contribution >= 4 is 40.1 Å². The van der Waals surface area contributed by atoms with Gasteiger partial charge in [-0.05, 0) is 62.2 Å². The third-order valence-corrected chi connectivity index (χ3v) is 7.39. The highest BCUT2D eigenvalue weighted by Crippen LogP contribution is 2.40. The van der Waals surface area contributed by atoms with E-state index in [1.165, 1.54) is 0 Å². The Morgan fingerprint density at radius 2 is 1.61 bits per heavy atom. The topological polar surface area (TPSA) is 73.8 Å². The molecule has 0 aliphatic carbocycles. The average Bonchev–Trinajstić information content (AvgIpc) is 2.89. The molecule has 2 amide bonds. The molecular weight excluding hydrogens is 468 g/mol. The lowest BCUT2D eigenvalue weighted by Crippen LogP contribution is -2.43. The average molecular weight is 497 g/mol. The zero-order valence-corrected chi connectivity index (χ0v) is 21.1. The molecule has 0 radical (unpaired) electrons.